The maximum Gasteiger partial charge on any atom is 0.333 e. The Morgan fingerprint density at radius 3 is 2.50 bits per heavy atom. The highest BCUT2D eigenvalue weighted by Crippen LogP contribution is 2.45. The molecule has 0 spiro atoms. The van der Waals surface area contributed by atoms with Crippen LogP contribution in [0.5, 0.6) is 5.75 Å². The van der Waals surface area contributed by atoms with Gasteiger partial charge < -0.3 is 9.47 Å². The molecule has 2 rings (SSSR count). The molecule has 0 bridgehead atoms. The third kappa shape index (κ3) is 3.50. The molecule has 1 aliphatic rings. The summed E-state index contributed by atoms with van der Waals surface area (Å²) in [6.45, 7) is 12.4. The Balaban J connectivity index is 2.42. The van der Waals surface area contributed by atoms with Crippen molar-refractivity contribution in [2.45, 2.75) is 65.9 Å². The zero-order chi connectivity index (χ0) is 18.0. The van der Waals surface area contributed by atoms with Gasteiger partial charge in [0, 0.05) is 11.5 Å². The fourth-order valence-corrected chi connectivity index (χ4v) is 3.57. The number of benzene rings is 1. The van der Waals surface area contributed by atoms with Crippen LogP contribution in [0.1, 0.15) is 69.6 Å². The Labute approximate surface area is 146 Å². The molecule has 0 aromatic heterocycles. The van der Waals surface area contributed by atoms with Crippen molar-refractivity contribution < 1.29 is 14.3 Å². The molecule has 24 heavy (non-hydrogen) atoms. The van der Waals surface area contributed by atoms with Crippen molar-refractivity contribution in [2.24, 2.45) is 5.92 Å². The first-order valence-corrected chi connectivity index (χ1v) is 8.82. The molecule has 132 valence electrons. The first-order chi connectivity index (χ1) is 11.3. The van der Waals surface area contributed by atoms with Gasteiger partial charge in [-0.25, -0.2) is 4.79 Å². The monoisotopic (exact) mass is 330 g/mol. The average Bonchev–Trinajstić information content (AvgIpc) is 2.55. The predicted octanol–water partition coefficient (Wildman–Crippen LogP) is 5.13. The molecule has 0 N–H and O–H groups in total. The average molecular weight is 330 g/mol. The van der Waals surface area contributed by atoms with E-state index in [9.17, 15) is 4.79 Å². The highest BCUT2D eigenvalue weighted by atomic mass is 16.5. The molecule has 0 aliphatic heterocycles. The van der Waals surface area contributed by atoms with Gasteiger partial charge >= 0.3 is 5.97 Å². The summed E-state index contributed by atoms with van der Waals surface area (Å²) in [7, 11) is 1.70. The largest absolute Gasteiger partial charge is 0.496 e. The summed E-state index contributed by atoms with van der Waals surface area (Å²) in [6.07, 6.45) is 2.58. The molecule has 0 fully saturated rings. The van der Waals surface area contributed by atoms with Crippen LogP contribution in [0.25, 0.3) is 0 Å². The van der Waals surface area contributed by atoms with Gasteiger partial charge in [-0.3, -0.25) is 0 Å². The lowest BCUT2D eigenvalue weighted by Crippen LogP contribution is -2.33. The Kier molecular flexibility index (Phi) is 5.74. The number of hydrogen-bond donors (Lipinski definition) is 0. The lowest BCUT2D eigenvalue weighted by molar-refractivity contribution is -0.146. The molecule has 3 heteroatoms. The van der Waals surface area contributed by atoms with Crippen LogP contribution in [-0.4, -0.2) is 19.2 Å². The van der Waals surface area contributed by atoms with E-state index in [2.05, 4.69) is 39.8 Å². The zero-order valence-electron chi connectivity index (χ0n) is 16.0. The van der Waals surface area contributed by atoms with Crippen LogP contribution in [0.3, 0.4) is 0 Å². The van der Waals surface area contributed by atoms with Gasteiger partial charge in [0.2, 0.25) is 0 Å². The lowest BCUT2D eigenvalue weighted by Gasteiger charge is -2.38. The second kappa shape index (κ2) is 7.42. The van der Waals surface area contributed by atoms with Crippen molar-refractivity contribution >= 4 is 5.97 Å². The smallest absolute Gasteiger partial charge is 0.333 e. The molecule has 0 saturated heterocycles. The van der Waals surface area contributed by atoms with E-state index in [1.54, 1.807) is 20.1 Å². The molecule has 1 aromatic rings. The van der Waals surface area contributed by atoms with E-state index in [0.717, 1.165) is 17.7 Å². The van der Waals surface area contributed by atoms with Gasteiger partial charge in [-0.1, -0.05) is 32.9 Å². The van der Waals surface area contributed by atoms with E-state index in [0.29, 0.717) is 17.4 Å². The van der Waals surface area contributed by atoms with Crippen LogP contribution < -0.4 is 4.74 Å². The van der Waals surface area contributed by atoms with Gasteiger partial charge in [-0.2, -0.15) is 0 Å². The molecule has 0 saturated carbocycles. The summed E-state index contributed by atoms with van der Waals surface area (Å²) < 4.78 is 11.4. The number of methoxy groups -OCH3 is 1. The summed E-state index contributed by atoms with van der Waals surface area (Å²) in [5, 5.41) is 0. The SMILES string of the molecule is CC=C(C)C(=O)O[C@@H]1C[C@@H](C(C)C)c2cc(C)c(OC)cc2[C@@H]1C. The number of fused-ring (bicyclic) bond motifs is 1. The quantitative estimate of drug-likeness (QED) is 0.567. The minimum absolute atomic E-state index is 0.0975. The third-order valence-electron chi connectivity index (χ3n) is 5.35. The molecule has 0 amide bonds. The topological polar surface area (TPSA) is 35.5 Å². The predicted molar refractivity (Wildman–Crippen MR) is 97.7 cm³/mol. The van der Waals surface area contributed by atoms with Crippen LogP contribution in [0.2, 0.25) is 0 Å². The number of carbonyl (C=O) groups excluding carboxylic acids is 1. The van der Waals surface area contributed by atoms with E-state index in [4.69, 9.17) is 9.47 Å². The standard InChI is InChI=1S/C21H30O3/c1-8-13(4)21(22)24-20-10-16(12(2)3)18-9-14(5)19(23-7)11-17(18)15(20)6/h8-9,11-12,15-16,20H,10H2,1-7H3/t15-,16-,20+/m0/s1. The summed E-state index contributed by atoms with van der Waals surface area (Å²) in [4.78, 5) is 12.2. The van der Waals surface area contributed by atoms with Crippen molar-refractivity contribution in [3.8, 4) is 5.75 Å². The minimum atomic E-state index is -0.209. The molecule has 0 heterocycles. The van der Waals surface area contributed by atoms with E-state index >= 15 is 0 Å². The molecular weight excluding hydrogens is 300 g/mol. The number of ether oxygens (including phenoxy) is 2. The lowest BCUT2D eigenvalue weighted by atomic mass is 9.71. The molecule has 0 unspecified atom stereocenters. The fraction of sp³-hybridized carbons (Fsp3) is 0.571. The van der Waals surface area contributed by atoms with Crippen LogP contribution in [0, 0.1) is 12.8 Å². The van der Waals surface area contributed by atoms with Crippen molar-refractivity contribution in [3.63, 3.8) is 0 Å². The van der Waals surface area contributed by atoms with Gasteiger partial charge in [-0.05, 0) is 61.8 Å². The number of allylic oxidation sites excluding steroid dienone is 1. The number of rotatable bonds is 4. The van der Waals surface area contributed by atoms with Crippen LogP contribution >= 0.6 is 0 Å². The van der Waals surface area contributed by atoms with Gasteiger partial charge in [0.25, 0.3) is 0 Å². The van der Waals surface area contributed by atoms with Crippen LogP contribution in [0.4, 0.5) is 0 Å². The zero-order valence-corrected chi connectivity index (χ0v) is 16.0. The van der Waals surface area contributed by atoms with Gasteiger partial charge in [0.1, 0.15) is 11.9 Å². The Bertz CT molecular complexity index is 643. The second-order valence-corrected chi connectivity index (χ2v) is 7.24. The molecule has 0 radical (unpaired) electrons. The minimum Gasteiger partial charge on any atom is -0.496 e. The molecule has 3 atom stereocenters. The van der Waals surface area contributed by atoms with Gasteiger partial charge in [0.15, 0.2) is 0 Å². The number of carbonyl (C=O) groups is 1. The second-order valence-electron chi connectivity index (χ2n) is 7.24. The summed E-state index contributed by atoms with van der Waals surface area (Å²) in [6, 6.07) is 4.39. The normalized spacial score (nSPS) is 23.8. The van der Waals surface area contributed by atoms with Gasteiger partial charge in [-0.15, -0.1) is 0 Å². The molecular formula is C21H30O3. The Morgan fingerprint density at radius 2 is 1.96 bits per heavy atom. The first kappa shape index (κ1) is 18.6. The fourth-order valence-electron chi connectivity index (χ4n) is 3.57. The number of esters is 1. The first-order valence-electron chi connectivity index (χ1n) is 8.82. The molecule has 3 nitrogen and oxygen atoms in total. The summed E-state index contributed by atoms with van der Waals surface area (Å²) in [5.41, 5.74) is 4.45. The Hall–Kier alpha value is -1.77. The van der Waals surface area contributed by atoms with Crippen LogP contribution in [0.15, 0.2) is 23.8 Å². The van der Waals surface area contributed by atoms with E-state index in [1.165, 1.54) is 11.1 Å². The van der Waals surface area contributed by atoms with E-state index in [-0.39, 0.29) is 18.0 Å². The van der Waals surface area contributed by atoms with Crippen molar-refractivity contribution in [1.82, 2.24) is 0 Å². The highest BCUT2D eigenvalue weighted by Gasteiger charge is 2.36. The van der Waals surface area contributed by atoms with E-state index < -0.39 is 0 Å². The highest BCUT2D eigenvalue weighted by molar-refractivity contribution is 5.87. The molecule has 1 aliphatic carbocycles. The summed E-state index contributed by atoms with van der Waals surface area (Å²) >= 11 is 0. The van der Waals surface area contributed by atoms with Crippen molar-refractivity contribution in [3.05, 3.63) is 40.5 Å². The van der Waals surface area contributed by atoms with Gasteiger partial charge in [0.05, 0.1) is 7.11 Å². The maximum absolute atomic E-state index is 12.2. The molecule has 1 aromatic carbocycles. The van der Waals surface area contributed by atoms with Crippen molar-refractivity contribution in [1.29, 1.82) is 0 Å². The number of aryl methyl sites for hydroxylation is 1. The van der Waals surface area contributed by atoms with Crippen LogP contribution in [-0.2, 0) is 9.53 Å². The third-order valence-corrected chi connectivity index (χ3v) is 5.35. The van der Waals surface area contributed by atoms with E-state index in [1.807, 2.05) is 6.92 Å². The maximum atomic E-state index is 12.2. The number of hydrogen-bond acceptors (Lipinski definition) is 3. The Morgan fingerprint density at radius 1 is 1.29 bits per heavy atom. The summed E-state index contributed by atoms with van der Waals surface area (Å²) in [5.74, 6) is 1.75. The van der Waals surface area contributed by atoms with Crippen molar-refractivity contribution in [2.75, 3.05) is 7.11 Å².